The van der Waals surface area contributed by atoms with Crippen LogP contribution in [0.1, 0.15) is 11.3 Å². The van der Waals surface area contributed by atoms with E-state index < -0.39 is 0 Å². The topological polar surface area (TPSA) is 68.0 Å². The molecule has 4 nitrogen and oxygen atoms in total. The average Bonchev–Trinajstić information content (AvgIpc) is 2.69. The number of rotatable bonds is 3. The molecule has 94 valence electrons. The Kier molecular flexibility index (Phi) is 4.18. The monoisotopic (exact) mass is 373 g/mol. The van der Waals surface area contributed by atoms with Gasteiger partial charge in [0.25, 0.3) is 0 Å². The summed E-state index contributed by atoms with van der Waals surface area (Å²) >= 11 is 3.59. The van der Waals surface area contributed by atoms with Gasteiger partial charge in [0, 0.05) is 14.6 Å². The van der Waals surface area contributed by atoms with Crippen LogP contribution in [-0.4, -0.2) is 10.9 Å². The highest BCUT2D eigenvalue weighted by Gasteiger charge is 2.07. The van der Waals surface area contributed by atoms with E-state index in [1.165, 1.54) is 16.9 Å². The lowest BCUT2D eigenvalue weighted by atomic mass is 10.2. The summed E-state index contributed by atoms with van der Waals surface area (Å²) in [5.41, 5.74) is 8.22. The molecule has 0 saturated heterocycles. The molecule has 0 aliphatic carbocycles. The van der Waals surface area contributed by atoms with Gasteiger partial charge in [-0.15, -0.1) is 11.3 Å². The van der Waals surface area contributed by atoms with Gasteiger partial charge in [0.1, 0.15) is 0 Å². The Morgan fingerprint density at radius 1 is 1.56 bits per heavy atom. The molecule has 0 unspecified atom stereocenters. The number of benzene rings is 1. The molecule has 2 aromatic rings. The smallest absolute Gasteiger partial charge is 0.230 e. The maximum atomic E-state index is 11.8. The van der Waals surface area contributed by atoms with Gasteiger partial charge in [-0.25, -0.2) is 4.98 Å². The highest BCUT2D eigenvalue weighted by molar-refractivity contribution is 14.1. The SMILES string of the molecule is Cc1ccc(NC(=O)Cc2csc(N)n2)cc1I. The molecule has 6 heteroatoms. The van der Waals surface area contributed by atoms with E-state index in [4.69, 9.17) is 5.73 Å². The molecule has 18 heavy (non-hydrogen) atoms. The molecular formula is C12H12IN3OS. The van der Waals surface area contributed by atoms with Crippen LogP contribution in [0.2, 0.25) is 0 Å². The van der Waals surface area contributed by atoms with Crippen molar-refractivity contribution in [3.63, 3.8) is 0 Å². The number of thiazole rings is 1. The standard InChI is InChI=1S/C12H12IN3OS/c1-7-2-3-8(4-10(7)13)15-11(17)5-9-6-18-12(14)16-9/h2-4,6H,5H2,1H3,(H2,14,16)(H,15,17). The number of hydrogen-bond acceptors (Lipinski definition) is 4. The fourth-order valence-electron chi connectivity index (χ4n) is 1.44. The van der Waals surface area contributed by atoms with E-state index >= 15 is 0 Å². The summed E-state index contributed by atoms with van der Waals surface area (Å²) in [6, 6.07) is 5.83. The Bertz CT molecular complexity index is 582. The Hall–Kier alpha value is -1.15. The maximum Gasteiger partial charge on any atom is 0.230 e. The molecule has 3 N–H and O–H groups in total. The van der Waals surface area contributed by atoms with Gasteiger partial charge in [-0.3, -0.25) is 4.79 Å². The second-order valence-electron chi connectivity index (χ2n) is 3.87. The number of carbonyl (C=O) groups excluding carboxylic acids is 1. The van der Waals surface area contributed by atoms with Gasteiger partial charge in [-0.1, -0.05) is 6.07 Å². The number of nitrogens with two attached hydrogens (primary N) is 1. The molecule has 1 heterocycles. The van der Waals surface area contributed by atoms with Crippen LogP contribution >= 0.6 is 33.9 Å². The van der Waals surface area contributed by atoms with Crippen LogP contribution in [0.15, 0.2) is 23.6 Å². The van der Waals surface area contributed by atoms with Crippen LogP contribution in [0.4, 0.5) is 10.8 Å². The molecule has 1 aromatic heterocycles. The van der Waals surface area contributed by atoms with E-state index in [1.54, 1.807) is 5.38 Å². The van der Waals surface area contributed by atoms with E-state index in [9.17, 15) is 4.79 Å². The van der Waals surface area contributed by atoms with Crippen molar-refractivity contribution < 1.29 is 4.79 Å². The van der Waals surface area contributed by atoms with Gasteiger partial charge in [-0.2, -0.15) is 0 Å². The number of halogens is 1. The van der Waals surface area contributed by atoms with Crippen molar-refractivity contribution in [2.45, 2.75) is 13.3 Å². The summed E-state index contributed by atoms with van der Waals surface area (Å²) in [4.78, 5) is 15.9. The van der Waals surface area contributed by atoms with Crippen molar-refractivity contribution in [3.8, 4) is 0 Å². The normalized spacial score (nSPS) is 10.3. The summed E-state index contributed by atoms with van der Waals surface area (Å²) in [5.74, 6) is -0.0834. The molecule has 2 rings (SSSR count). The number of anilines is 2. The summed E-state index contributed by atoms with van der Waals surface area (Å²) in [7, 11) is 0. The third-order valence-corrected chi connectivity index (χ3v) is 4.25. The number of carbonyl (C=O) groups is 1. The Labute approximate surface area is 123 Å². The number of aryl methyl sites for hydroxylation is 1. The Morgan fingerprint density at radius 3 is 2.94 bits per heavy atom. The number of nitrogen functional groups attached to an aromatic ring is 1. The van der Waals surface area contributed by atoms with Crippen molar-refractivity contribution >= 4 is 50.7 Å². The minimum absolute atomic E-state index is 0.0834. The second kappa shape index (κ2) is 5.66. The van der Waals surface area contributed by atoms with Crippen LogP contribution in [0.25, 0.3) is 0 Å². The first-order chi connectivity index (χ1) is 8.54. The van der Waals surface area contributed by atoms with Crippen molar-refractivity contribution in [2.24, 2.45) is 0 Å². The second-order valence-corrected chi connectivity index (χ2v) is 5.92. The highest BCUT2D eigenvalue weighted by atomic mass is 127. The van der Waals surface area contributed by atoms with Crippen LogP contribution < -0.4 is 11.1 Å². The zero-order chi connectivity index (χ0) is 13.1. The zero-order valence-electron chi connectivity index (χ0n) is 9.74. The van der Waals surface area contributed by atoms with Crippen molar-refractivity contribution in [1.29, 1.82) is 0 Å². The Morgan fingerprint density at radius 2 is 2.33 bits per heavy atom. The van der Waals surface area contributed by atoms with Gasteiger partial charge >= 0.3 is 0 Å². The first-order valence-corrected chi connectivity index (χ1v) is 7.26. The van der Waals surface area contributed by atoms with Gasteiger partial charge < -0.3 is 11.1 Å². The maximum absolute atomic E-state index is 11.8. The van der Waals surface area contributed by atoms with E-state index in [0.717, 1.165) is 9.26 Å². The number of nitrogens with one attached hydrogen (secondary N) is 1. The lowest BCUT2D eigenvalue weighted by molar-refractivity contribution is -0.115. The highest BCUT2D eigenvalue weighted by Crippen LogP contribution is 2.17. The largest absolute Gasteiger partial charge is 0.375 e. The van der Waals surface area contributed by atoms with Crippen molar-refractivity contribution in [1.82, 2.24) is 4.98 Å². The first kappa shape index (κ1) is 13.3. The minimum atomic E-state index is -0.0834. The van der Waals surface area contributed by atoms with E-state index in [2.05, 4.69) is 32.9 Å². The summed E-state index contributed by atoms with van der Waals surface area (Å²) in [6.45, 7) is 2.03. The summed E-state index contributed by atoms with van der Waals surface area (Å²) < 4.78 is 1.13. The van der Waals surface area contributed by atoms with Crippen LogP contribution in [0.3, 0.4) is 0 Å². The Balaban J connectivity index is 2.00. The molecule has 0 atom stereocenters. The predicted octanol–water partition coefficient (Wildman–Crippen LogP) is 2.82. The molecule has 1 amide bonds. The van der Waals surface area contributed by atoms with Crippen molar-refractivity contribution in [2.75, 3.05) is 11.1 Å². The number of aromatic nitrogens is 1. The van der Waals surface area contributed by atoms with Crippen molar-refractivity contribution in [3.05, 3.63) is 38.4 Å². The fraction of sp³-hybridized carbons (Fsp3) is 0.167. The third-order valence-electron chi connectivity index (χ3n) is 2.37. The molecule has 0 bridgehead atoms. The molecule has 0 radical (unpaired) electrons. The predicted molar refractivity (Wildman–Crippen MR) is 82.8 cm³/mol. The summed E-state index contributed by atoms with van der Waals surface area (Å²) in [6.07, 6.45) is 0.248. The number of hydrogen-bond donors (Lipinski definition) is 2. The fourth-order valence-corrected chi connectivity index (χ4v) is 2.52. The molecule has 0 aliphatic rings. The first-order valence-electron chi connectivity index (χ1n) is 5.30. The van der Waals surface area contributed by atoms with Crippen LogP contribution in [-0.2, 0) is 11.2 Å². The molecule has 1 aromatic carbocycles. The van der Waals surface area contributed by atoms with Gasteiger partial charge in [0.2, 0.25) is 5.91 Å². The van der Waals surface area contributed by atoms with E-state index in [1.807, 2.05) is 25.1 Å². The molecule has 0 saturated carbocycles. The number of amides is 1. The van der Waals surface area contributed by atoms with Gasteiger partial charge in [0.15, 0.2) is 5.13 Å². The molecule has 0 spiro atoms. The molecule has 0 fully saturated rings. The third kappa shape index (κ3) is 3.42. The summed E-state index contributed by atoms with van der Waals surface area (Å²) in [5, 5.41) is 5.14. The van der Waals surface area contributed by atoms with Gasteiger partial charge in [0.05, 0.1) is 12.1 Å². The van der Waals surface area contributed by atoms with E-state index in [0.29, 0.717) is 10.8 Å². The molecule has 0 aliphatic heterocycles. The minimum Gasteiger partial charge on any atom is -0.375 e. The van der Waals surface area contributed by atoms with E-state index in [-0.39, 0.29) is 12.3 Å². The molecular weight excluding hydrogens is 361 g/mol. The lowest BCUT2D eigenvalue weighted by Gasteiger charge is -2.06. The van der Waals surface area contributed by atoms with Gasteiger partial charge in [-0.05, 0) is 47.2 Å². The van der Waals surface area contributed by atoms with Crippen LogP contribution in [0, 0.1) is 10.5 Å². The van der Waals surface area contributed by atoms with Crippen LogP contribution in [0.5, 0.6) is 0 Å². The number of nitrogens with zero attached hydrogens (tertiary/aromatic N) is 1. The zero-order valence-corrected chi connectivity index (χ0v) is 12.7. The average molecular weight is 373 g/mol. The lowest BCUT2D eigenvalue weighted by Crippen LogP contribution is -2.14. The quantitative estimate of drug-likeness (QED) is 0.814.